The molecule has 1 N–H and O–H groups in total. The smallest absolute Gasteiger partial charge is 0.263 e. The van der Waals surface area contributed by atoms with Gasteiger partial charge in [0.1, 0.15) is 6.61 Å². The topological polar surface area (TPSA) is 74.7 Å². The minimum Gasteiger partial charge on any atom is -0.384 e. The van der Waals surface area contributed by atoms with Crippen LogP contribution in [0.25, 0.3) is 0 Å². The van der Waals surface area contributed by atoms with Crippen LogP contribution in [0.3, 0.4) is 0 Å². The first-order valence-corrected chi connectivity index (χ1v) is 7.47. The van der Waals surface area contributed by atoms with Crippen LogP contribution < -0.4 is 4.31 Å². The number of benzene rings is 1. The van der Waals surface area contributed by atoms with Crippen LogP contribution in [0.2, 0.25) is 0 Å². The van der Waals surface area contributed by atoms with Crippen molar-refractivity contribution in [2.24, 2.45) is 0 Å². The number of aliphatic hydroxyl groups is 1. The first-order chi connectivity index (χ1) is 9.23. The van der Waals surface area contributed by atoms with Crippen LogP contribution in [-0.2, 0) is 14.8 Å². The van der Waals surface area contributed by atoms with Gasteiger partial charge in [-0.15, -0.1) is 0 Å². The van der Waals surface area contributed by atoms with Crippen molar-refractivity contribution in [3.05, 3.63) is 29.3 Å². The van der Waals surface area contributed by atoms with Crippen molar-refractivity contribution in [3.63, 3.8) is 0 Å². The molecule has 0 aliphatic carbocycles. The van der Waals surface area contributed by atoms with E-state index in [4.69, 9.17) is 5.11 Å². The largest absolute Gasteiger partial charge is 0.384 e. The quantitative estimate of drug-likeness (QED) is 0.777. The summed E-state index contributed by atoms with van der Waals surface area (Å²) in [5.41, 5.74) is 1.75. The Labute approximate surface area is 118 Å². The molecular formula is C14H15NO4S. The van der Waals surface area contributed by atoms with E-state index >= 15 is 0 Å². The van der Waals surface area contributed by atoms with Gasteiger partial charge in [0.05, 0.1) is 5.69 Å². The molecule has 0 saturated carbocycles. The van der Waals surface area contributed by atoms with Crippen molar-refractivity contribution in [2.75, 3.05) is 10.9 Å². The minimum absolute atomic E-state index is 0.242. The van der Waals surface area contributed by atoms with E-state index in [1.165, 1.54) is 13.8 Å². The second kappa shape index (κ2) is 4.62. The van der Waals surface area contributed by atoms with E-state index in [1.54, 1.807) is 25.1 Å². The summed E-state index contributed by atoms with van der Waals surface area (Å²) in [6.45, 7) is 4.32. The van der Waals surface area contributed by atoms with Gasteiger partial charge in [0.2, 0.25) is 0 Å². The number of amides is 1. The SMILES string of the molecule is Cc1cc(N2C(=O)C(C)(C)S2(=O)=O)ccc1C#CCO. The Hall–Kier alpha value is -1.84. The molecule has 1 saturated heterocycles. The highest BCUT2D eigenvalue weighted by molar-refractivity contribution is 7.98. The molecule has 1 aromatic rings. The van der Waals surface area contributed by atoms with Gasteiger partial charge in [-0.2, -0.15) is 0 Å². The molecule has 0 atom stereocenters. The number of sulfonamides is 1. The molecule has 106 valence electrons. The van der Waals surface area contributed by atoms with Crippen LogP contribution >= 0.6 is 0 Å². The van der Waals surface area contributed by atoms with Gasteiger partial charge in [-0.3, -0.25) is 4.79 Å². The second-order valence-corrected chi connectivity index (χ2v) is 7.38. The van der Waals surface area contributed by atoms with Gasteiger partial charge in [-0.05, 0) is 44.5 Å². The number of nitrogens with zero attached hydrogens (tertiary/aromatic N) is 1. The Morgan fingerprint density at radius 3 is 2.50 bits per heavy atom. The summed E-state index contributed by atoms with van der Waals surface area (Å²) in [7, 11) is -3.64. The van der Waals surface area contributed by atoms with Crippen molar-refractivity contribution in [2.45, 2.75) is 25.5 Å². The zero-order chi connectivity index (χ0) is 15.1. The van der Waals surface area contributed by atoms with Gasteiger partial charge in [-0.25, -0.2) is 12.7 Å². The first kappa shape index (κ1) is 14.6. The third kappa shape index (κ3) is 1.90. The number of rotatable bonds is 1. The van der Waals surface area contributed by atoms with Crippen molar-refractivity contribution in [3.8, 4) is 11.8 Å². The van der Waals surface area contributed by atoms with E-state index in [-0.39, 0.29) is 6.61 Å². The maximum Gasteiger partial charge on any atom is 0.263 e. The average Bonchev–Trinajstić information content (AvgIpc) is 2.37. The van der Waals surface area contributed by atoms with Gasteiger partial charge in [0.15, 0.2) is 4.75 Å². The van der Waals surface area contributed by atoms with Crippen molar-refractivity contribution in [1.29, 1.82) is 0 Å². The van der Waals surface area contributed by atoms with E-state index in [9.17, 15) is 13.2 Å². The van der Waals surface area contributed by atoms with Crippen LogP contribution in [0, 0.1) is 18.8 Å². The fraction of sp³-hybridized carbons (Fsp3) is 0.357. The number of hydrogen-bond acceptors (Lipinski definition) is 4. The van der Waals surface area contributed by atoms with Crippen molar-refractivity contribution in [1.82, 2.24) is 0 Å². The summed E-state index contributed by atoms with van der Waals surface area (Å²) >= 11 is 0. The van der Waals surface area contributed by atoms with Crippen LogP contribution in [0.5, 0.6) is 0 Å². The Bertz CT molecular complexity index is 738. The monoisotopic (exact) mass is 293 g/mol. The molecule has 0 radical (unpaired) electrons. The lowest BCUT2D eigenvalue weighted by molar-refractivity contribution is -0.120. The number of hydrogen-bond donors (Lipinski definition) is 1. The molecule has 1 amide bonds. The lowest BCUT2D eigenvalue weighted by Crippen LogP contribution is -2.67. The lowest BCUT2D eigenvalue weighted by atomic mass is 10.1. The summed E-state index contributed by atoms with van der Waals surface area (Å²) in [6.07, 6.45) is 0. The first-order valence-electron chi connectivity index (χ1n) is 6.03. The minimum atomic E-state index is -3.64. The summed E-state index contributed by atoms with van der Waals surface area (Å²) in [6, 6.07) is 4.78. The number of aliphatic hydroxyl groups excluding tert-OH is 1. The Kier molecular flexibility index (Phi) is 3.36. The zero-order valence-corrected chi connectivity index (χ0v) is 12.3. The molecule has 1 aliphatic heterocycles. The molecule has 6 heteroatoms. The summed E-state index contributed by atoms with van der Waals surface area (Å²) in [4.78, 5) is 12.0. The highest BCUT2D eigenvalue weighted by Crippen LogP contribution is 2.39. The second-order valence-electron chi connectivity index (χ2n) is 5.04. The predicted molar refractivity (Wildman–Crippen MR) is 75.6 cm³/mol. The Morgan fingerprint density at radius 1 is 1.35 bits per heavy atom. The molecule has 2 rings (SSSR count). The molecule has 0 unspecified atom stereocenters. The molecule has 20 heavy (non-hydrogen) atoms. The molecule has 1 aliphatic rings. The van der Waals surface area contributed by atoms with E-state index in [2.05, 4.69) is 11.8 Å². The lowest BCUT2D eigenvalue weighted by Gasteiger charge is -2.42. The normalized spacial score (nSPS) is 19.0. The molecular weight excluding hydrogens is 278 g/mol. The molecule has 0 spiro atoms. The summed E-state index contributed by atoms with van der Waals surface area (Å²) in [5.74, 6) is 4.85. The number of carbonyl (C=O) groups excluding carboxylic acids is 1. The van der Waals surface area contributed by atoms with E-state index in [0.29, 0.717) is 11.3 Å². The number of anilines is 1. The fourth-order valence-electron chi connectivity index (χ4n) is 1.96. The Morgan fingerprint density at radius 2 is 2.00 bits per heavy atom. The van der Waals surface area contributed by atoms with Crippen molar-refractivity contribution >= 4 is 21.6 Å². The van der Waals surface area contributed by atoms with Crippen LogP contribution in [-0.4, -0.2) is 30.8 Å². The third-order valence-electron chi connectivity index (χ3n) is 3.33. The predicted octanol–water partition coefficient (Wildman–Crippen LogP) is 0.794. The van der Waals surface area contributed by atoms with E-state index < -0.39 is 20.7 Å². The molecule has 5 nitrogen and oxygen atoms in total. The Balaban J connectivity index is 2.42. The van der Waals surface area contributed by atoms with Gasteiger partial charge >= 0.3 is 0 Å². The molecule has 1 aromatic carbocycles. The molecule has 0 bridgehead atoms. The summed E-state index contributed by atoms with van der Waals surface area (Å²) in [5, 5.41) is 8.66. The fourth-order valence-corrected chi connectivity index (χ4v) is 3.43. The number of aryl methyl sites for hydroxylation is 1. The summed E-state index contributed by atoms with van der Waals surface area (Å²) < 4.78 is 23.6. The van der Waals surface area contributed by atoms with E-state index in [0.717, 1.165) is 9.87 Å². The maximum atomic E-state index is 12.1. The van der Waals surface area contributed by atoms with Crippen LogP contribution in [0.4, 0.5) is 5.69 Å². The van der Waals surface area contributed by atoms with Gasteiger partial charge in [0.25, 0.3) is 15.9 Å². The molecule has 0 aromatic heterocycles. The van der Waals surface area contributed by atoms with Crippen LogP contribution in [0.15, 0.2) is 18.2 Å². The highest BCUT2D eigenvalue weighted by atomic mass is 32.2. The standard InChI is InChI=1S/C14H15NO4S/c1-10-9-12(7-6-11(10)5-4-8-16)15-13(17)14(2,3)20(15,18)19/h6-7,9,16H,8H2,1-3H3. The van der Waals surface area contributed by atoms with Gasteiger partial charge < -0.3 is 5.11 Å². The van der Waals surface area contributed by atoms with Gasteiger partial charge in [0, 0.05) is 5.56 Å². The zero-order valence-electron chi connectivity index (χ0n) is 11.5. The highest BCUT2D eigenvalue weighted by Gasteiger charge is 2.60. The molecule has 1 heterocycles. The van der Waals surface area contributed by atoms with Crippen molar-refractivity contribution < 1.29 is 18.3 Å². The van der Waals surface area contributed by atoms with Gasteiger partial charge in [-0.1, -0.05) is 11.8 Å². The third-order valence-corrected chi connectivity index (χ3v) is 5.65. The number of carbonyl (C=O) groups is 1. The maximum absolute atomic E-state index is 12.1. The van der Waals surface area contributed by atoms with E-state index in [1.807, 2.05) is 0 Å². The molecule has 1 fully saturated rings. The van der Waals surface area contributed by atoms with Crippen LogP contribution in [0.1, 0.15) is 25.0 Å². The average molecular weight is 293 g/mol.